The third-order valence-corrected chi connectivity index (χ3v) is 4.45. The smallest absolute Gasteiger partial charge is 0.226 e. The van der Waals surface area contributed by atoms with E-state index in [0.29, 0.717) is 19.5 Å². The lowest BCUT2D eigenvalue weighted by molar-refractivity contribution is -0.135. The van der Waals surface area contributed by atoms with Crippen LogP contribution in [0.1, 0.15) is 32.3 Å². The van der Waals surface area contributed by atoms with Gasteiger partial charge < -0.3 is 10.2 Å². The van der Waals surface area contributed by atoms with E-state index in [4.69, 9.17) is 0 Å². The number of halogens is 1. The molecular weight excluding hydrogens is 344 g/mol. The van der Waals surface area contributed by atoms with Crippen LogP contribution in [0.3, 0.4) is 0 Å². The van der Waals surface area contributed by atoms with Gasteiger partial charge in [-0.3, -0.25) is 9.59 Å². The van der Waals surface area contributed by atoms with Crippen molar-refractivity contribution in [2.45, 2.75) is 39.2 Å². The average Bonchev–Trinajstić information content (AvgIpc) is 2.49. The predicted molar refractivity (Wildman–Crippen MR) is 90.4 cm³/mol. The number of carbonyl (C=O) groups excluding carboxylic acids is 2. The number of nitrogens with zero attached hydrogens (tertiary/aromatic N) is 1. The van der Waals surface area contributed by atoms with Crippen molar-refractivity contribution in [3.63, 3.8) is 0 Å². The van der Waals surface area contributed by atoms with Crippen LogP contribution >= 0.6 is 15.9 Å². The highest BCUT2D eigenvalue weighted by atomic mass is 79.9. The molecule has 5 heteroatoms. The summed E-state index contributed by atoms with van der Waals surface area (Å²) in [5.41, 5.74) is 1.02. The lowest BCUT2D eigenvalue weighted by Crippen LogP contribution is -2.44. The molecule has 1 heterocycles. The minimum Gasteiger partial charge on any atom is -0.354 e. The van der Waals surface area contributed by atoms with E-state index < -0.39 is 0 Å². The van der Waals surface area contributed by atoms with Crippen LogP contribution in [-0.4, -0.2) is 35.8 Å². The Balaban J connectivity index is 1.82. The molecule has 0 bridgehead atoms. The molecule has 0 radical (unpaired) electrons. The zero-order chi connectivity index (χ0) is 16.1. The normalized spacial score (nSPS) is 15.9. The fourth-order valence-corrected chi connectivity index (χ4v) is 2.95. The Kier molecular flexibility index (Phi) is 6.00. The Bertz CT molecular complexity index is 520. The van der Waals surface area contributed by atoms with Crippen molar-refractivity contribution in [2.24, 2.45) is 5.92 Å². The highest BCUT2D eigenvalue weighted by Gasteiger charge is 2.27. The standard InChI is InChI=1S/C17H23BrN2O2/c1-12(2)19-17(22)14-7-9-20(10-8-14)16(21)11-13-3-5-15(18)6-4-13/h3-6,12,14H,7-11H2,1-2H3,(H,19,22). The molecule has 22 heavy (non-hydrogen) atoms. The summed E-state index contributed by atoms with van der Waals surface area (Å²) >= 11 is 3.39. The number of piperidine rings is 1. The zero-order valence-corrected chi connectivity index (χ0v) is 14.7. The Morgan fingerprint density at radius 3 is 2.36 bits per heavy atom. The topological polar surface area (TPSA) is 49.4 Å². The number of amides is 2. The Hall–Kier alpha value is -1.36. The molecule has 1 aliphatic heterocycles. The van der Waals surface area contributed by atoms with Gasteiger partial charge in [0.15, 0.2) is 0 Å². The van der Waals surface area contributed by atoms with Gasteiger partial charge in [0, 0.05) is 29.5 Å². The summed E-state index contributed by atoms with van der Waals surface area (Å²) in [7, 11) is 0. The third-order valence-electron chi connectivity index (χ3n) is 3.92. The van der Waals surface area contributed by atoms with Crippen molar-refractivity contribution in [3.8, 4) is 0 Å². The average molecular weight is 367 g/mol. The van der Waals surface area contributed by atoms with Crippen molar-refractivity contribution >= 4 is 27.7 Å². The number of nitrogens with one attached hydrogen (secondary N) is 1. The molecule has 0 aromatic heterocycles. The fourth-order valence-electron chi connectivity index (χ4n) is 2.68. The summed E-state index contributed by atoms with van der Waals surface area (Å²) < 4.78 is 1.01. The van der Waals surface area contributed by atoms with E-state index in [1.807, 2.05) is 43.0 Å². The highest BCUT2D eigenvalue weighted by Crippen LogP contribution is 2.19. The molecule has 120 valence electrons. The van der Waals surface area contributed by atoms with Gasteiger partial charge in [-0.05, 0) is 44.4 Å². The number of carbonyl (C=O) groups is 2. The molecular formula is C17H23BrN2O2. The van der Waals surface area contributed by atoms with Crippen molar-refractivity contribution in [1.29, 1.82) is 0 Å². The highest BCUT2D eigenvalue weighted by molar-refractivity contribution is 9.10. The molecule has 2 amide bonds. The summed E-state index contributed by atoms with van der Waals surface area (Å²) in [6.45, 7) is 5.28. The van der Waals surface area contributed by atoms with Crippen molar-refractivity contribution < 1.29 is 9.59 Å². The first-order valence-electron chi connectivity index (χ1n) is 7.78. The molecule has 1 aliphatic rings. The Morgan fingerprint density at radius 2 is 1.82 bits per heavy atom. The van der Waals surface area contributed by atoms with Crippen LogP contribution in [0.5, 0.6) is 0 Å². The van der Waals surface area contributed by atoms with Crippen LogP contribution < -0.4 is 5.32 Å². The van der Waals surface area contributed by atoms with Gasteiger partial charge in [-0.2, -0.15) is 0 Å². The quantitative estimate of drug-likeness (QED) is 0.890. The molecule has 1 N–H and O–H groups in total. The molecule has 1 fully saturated rings. The van der Waals surface area contributed by atoms with Crippen LogP contribution in [0.4, 0.5) is 0 Å². The first-order chi connectivity index (χ1) is 10.5. The van der Waals surface area contributed by atoms with Crippen molar-refractivity contribution in [1.82, 2.24) is 10.2 Å². The summed E-state index contributed by atoms with van der Waals surface area (Å²) in [6.07, 6.45) is 1.94. The van der Waals surface area contributed by atoms with E-state index in [-0.39, 0.29) is 23.8 Å². The molecule has 0 aliphatic carbocycles. The first-order valence-corrected chi connectivity index (χ1v) is 8.57. The molecule has 0 atom stereocenters. The Labute approximate surface area is 140 Å². The largest absolute Gasteiger partial charge is 0.354 e. The number of benzene rings is 1. The molecule has 0 unspecified atom stereocenters. The van der Waals surface area contributed by atoms with Gasteiger partial charge in [-0.1, -0.05) is 28.1 Å². The predicted octanol–water partition coefficient (Wildman–Crippen LogP) is 2.75. The van der Waals surface area contributed by atoms with Gasteiger partial charge >= 0.3 is 0 Å². The van der Waals surface area contributed by atoms with Gasteiger partial charge in [0.25, 0.3) is 0 Å². The monoisotopic (exact) mass is 366 g/mol. The fraction of sp³-hybridized carbons (Fsp3) is 0.529. The van der Waals surface area contributed by atoms with Crippen LogP contribution in [0.2, 0.25) is 0 Å². The number of hydrogen-bond acceptors (Lipinski definition) is 2. The van der Waals surface area contributed by atoms with Gasteiger partial charge in [0.05, 0.1) is 6.42 Å². The van der Waals surface area contributed by atoms with E-state index in [0.717, 1.165) is 22.9 Å². The molecule has 0 spiro atoms. The maximum Gasteiger partial charge on any atom is 0.226 e. The number of likely N-dealkylation sites (tertiary alicyclic amines) is 1. The number of rotatable bonds is 4. The zero-order valence-electron chi connectivity index (χ0n) is 13.1. The lowest BCUT2D eigenvalue weighted by Gasteiger charge is -2.31. The van der Waals surface area contributed by atoms with E-state index in [2.05, 4.69) is 21.2 Å². The van der Waals surface area contributed by atoms with Crippen LogP contribution in [-0.2, 0) is 16.0 Å². The SMILES string of the molecule is CC(C)NC(=O)C1CCN(C(=O)Cc2ccc(Br)cc2)CC1. The maximum absolute atomic E-state index is 12.3. The second-order valence-corrected chi connectivity index (χ2v) is 7.04. The van der Waals surface area contributed by atoms with E-state index in [9.17, 15) is 9.59 Å². The van der Waals surface area contributed by atoms with E-state index >= 15 is 0 Å². The van der Waals surface area contributed by atoms with Crippen LogP contribution in [0.15, 0.2) is 28.7 Å². The molecule has 1 aromatic rings. The van der Waals surface area contributed by atoms with Crippen molar-refractivity contribution in [3.05, 3.63) is 34.3 Å². The number of hydrogen-bond donors (Lipinski definition) is 1. The molecule has 1 saturated heterocycles. The minimum absolute atomic E-state index is 0.0409. The summed E-state index contributed by atoms with van der Waals surface area (Å²) in [5.74, 6) is 0.305. The second kappa shape index (κ2) is 7.77. The first kappa shape index (κ1) is 17.0. The van der Waals surface area contributed by atoms with Gasteiger partial charge in [0.1, 0.15) is 0 Å². The molecule has 0 saturated carbocycles. The third kappa shape index (κ3) is 4.83. The lowest BCUT2D eigenvalue weighted by atomic mass is 9.95. The molecule has 1 aromatic carbocycles. The van der Waals surface area contributed by atoms with Crippen molar-refractivity contribution in [2.75, 3.05) is 13.1 Å². The van der Waals surface area contributed by atoms with Crippen LogP contribution in [0, 0.1) is 5.92 Å². The molecule has 2 rings (SSSR count). The summed E-state index contributed by atoms with van der Waals surface area (Å²) in [4.78, 5) is 26.2. The summed E-state index contributed by atoms with van der Waals surface area (Å²) in [5, 5.41) is 2.95. The van der Waals surface area contributed by atoms with Crippen LogP contribution in [0.25, 0.3) is 0 Å². The van der Waals surface area contributed by atoms with Gasteiger partial charge in [-0.15, -0.1) is 0 Å². The maximum atomic E-state index is 12.3. The second-order valence-electron chi connectivity index (χ2n) is 6.12. The molecule has 4 nitrogen and oxygen atoms in total. The Morgan fingerprint density at radius 1 is 1.23 bits per heavy atom. The van der Waals surface area contributed by atoms with Gasteiger partial charge in [-0.25, -0.2) is 0 Å². The van der Waals surface area contributed by atoms with E-state index in [1.54, 1.807) is 0 Å². The van der Waals surface area contributed by atoms with E-state index in [1.165, 1.54) is 0 Å². The summed E-state index contributed by atoms with van der Waals surface area (Å²) in [6, 6.07) is 8.00. The van der Waals surface area contributed by atoms with Gasteiger partial charge in [0.2, 0.25) is 11.8 Å². The minimum atomic E-state index is 0.0409.